The van der Waals surface area contributed by atoms with Gasteiger partial charge in [0.25, 0.3) is 11.8 Å². The van der Waals surface area contributed by atoms with Crippen LogP contribution in [0.3, 0.4) is 0 Å². The van der Waals surface area contributed by atoms with Crippen LogP contribution >= 0.6 is 0 Å². The third kappa shape index (κ3) is 4.40. The molecule has 9 rings (SSSR count). The first-order valence-corrected chi connectivity index (χ1v) is 16.4. The standard InChI is InChI=1S/C45H27N3O2/c46-28-32-17-7-8-18-33(32)31-25-26-40-38(27-31)36-19-9-10-23-39(36)47(40)41-24-12-22-37-42(41)45(50)48(44(37)49)43-34(29-13-3-1-4-14-29)20-11-21-35(43)30-15-5-2-6-16-30/h1-27H. The predicted octanol–water partition coefficient (Wildman–Crippen LogP) is 10.5. The molecule has 50 heavy (non-hydrogen) atoms. The van der Waals surface area contributed by atoms with Crippen molar-refractivity contribution in [2.45, 2.75) is 0 Å². The number of hydrogen-bond acceptors (Lipinski definition) is 3. The molecule has 0 aliphatic carbocycles. The van der Waals surface area contributed by atoms with E-state index < -0.39 is 0 Å². The summed E-state index contributed by atoms with van der Waals surface area (Å²) in [5.41, 5.74) is 9.53. The van der Waals surface area contributed by atoms with E-state index in [-0.39, 0.29) is 11.8 Å². The van der Waals surface area contributed by atoms with Crippen LogP contribution in [0.5, 0.6) is 0 Å². The number of carbonyl (C=O) groups is 2. The maximum Gasteiger partial charge on any atom is 0.268 e. The number of aromatic nitrogens is 1. The van der Waals surface area contributed by atoms with Crippen LogP contribution in [0.25, 0.3) is 60.9 Å². The van der Waals surface area contributed by atoms with Crippen molar-refractivity contribution in [2.75, 3.05) is 4.90 Å². The minimum Gasteiger partial charge on any atom is -0.308 e. The van der Waals surface area contributed by atoms with E-state index in [9.17, 15) is 14.9 Å². The van der Waals surface area contributed by atoms with Gasteiger partial charge in [0.15, 0.2) is 0 Å². The zero-order valence-electron chi connectivity index (χ0n) is 26.7. The van der Waals surface area contributed by atoms with Gasteiger partial charge in [0.2, 0.25) is 0 Å². The van der Waals surface area contributed by atoms with Crippen LogP contribution in [0.1, 0.15) is 26.3 Å². The van der Waals surface area contributed by atoms with E-state index in [1.807, 2.05) is 146 Å². The van der Waals surface area contributed by atoms with Crippen molar-refractivity contribution in [1.29, 1.82) is 5.26 Å². The number of fused-ring (bicyclic) bond motifs is 4. The Labute approximate surface area is 288 Å². The van der Waals surface area contributed by atoms with Crippen molar-refractivity contribution in [2.24, 2.45) is 0 Å². The first-order chi connectivity index (χ1) is 24.6. The Morgan fingerprint density at radius 3 is 1.76 bits per heavy atom. The first-order valence-electron chi connectivity index (χ1n) is 16.4. The predicted molar refractivity (Wildman–Crippen MR) is 199 cm³/mol. The Balaban J connectivity index is 1.27. The number of anilines is 1. The molecule has 5 nitrogen and oxygen atoms in total. The minimum atomic E-state index is -0.369. The number of carbonyl (C=O) groups excluding carboxylic acids is 2. The summed E-state index contributed by atoms with van der Waals surface area (Å²) in [6.45, 7) is 0. The van der Waals surface area contributed by atoms with Crippen LogP contribution in [-0.4, -0.2) is 16.4 Å². The molecule has 2 heterocycles. The lowest BCUT2D eigenvalue weighted by Gasteiger charge is -2.23. The van der Waals surface area contributed by atoms with E-state index in [1.54, 1.807) is 6.07 Å². The van der Waals surface area contributed by atoms with E-state index in [4.69, 9.17) is 0 Å². The number of benzene rings is 7. The molecule has 1 aromatic heterocycles. The van der Waals surface area contributed by atoms with Crippen molar-refractivity contribution in [3.63, 3.8) is 0 Å². The van der Waals surface area contributed by atoms with Crippen LogP contribution < -0.4 is 4.90 Å². The fraction of sp³-hybridized carbons (Fsp3) is 0. The Hall–Kier alpha value is -7.03. The lowest BCUT2D eigenvalue weighted by Crippen LogP contribution is -2.30. The van der Waals surface area contributed by atoms with Crippen molar-refractivity contribution in [3.8, 4) is 45.1 Å². The van der Waals surface area contributed by atoms with Crippen molar-refractivity contribution >= 4 is 39.3 Å². The normalized spacial score (nSPS) is 12.4. The van der Waals surface area contributed by atoms with E-state index in [0.717, 1.165) is 55.2 Å². The maximum atomic E-state index is 14.9. The van der Waals surface area contributed by atoms with Gasteiger partial charge in [-0.25, -0.2) is 4.90 Å². The summed E-state index contributed by atoms with van der Waals surface area (Å²) in [7, 11) is 0. The van der Waals surface area contributed by atoms with Gasteiger partial charge in [0.1, 0.15) is 0 Å². The molecule has 0 spiro atoms. The summed E-state index contributed by atoms with van der Waals surface area (Å²) in [6.07, 6.45) is 0. The summed E-state index contributed by atoms with van der Waals surface area (Å²) in [5.74, 6) is -0.727. The summed E-state index contributed by atoms with van der Waals surface area (Å²) >= 11 is 0. The van der Waals surface area contributed by atoms with Gasteiger partial charge in [0, 0.05) is 21.9 Å². The van der Waals surface area contributed by atoms with Crippen LogP contribution in [-0.2, 0) is 0 Å². The Morgan fingerprint density at radius 1 is 0.460 bits per heavy atom. The molecule has 5 heteroatoms. The van der Waals surface area contributed by atoms with Crippen molar-refractivity contribution in [1.82, 2.24) is 4.57 Å². The average molecular weight is 642 g/mol. The summed E-state index contributed by atoms with van der Waals surface area (Å²) < 4.78 is 2.08. The molecule has 1 aliphatic rings. The molecule has 234 valence electrons. The zero-order chi connectivity index (χ0) is 33.8. The molecule has 0 saturated carbocycles. The highest BCUT2D eigenvalue weighted by Gasteiger charge is 2.41. The highest BCUT2D eigenvalue weighted by molar-refractivity contribution is 6.37. The fourth-order valence-corrected chi connectivity index (χ4v) is 7.38. The zero-order valence-corrected chi connectivity index (χ0v) is 26.7. The molecule has 0 N–H and O–H groups in total. The van der Waals surface area contributed by atoms with Gasteiger partial charge in [0.05, 0.1) is 45.2 Å². The van der Waals surface area contributed by atoms with E-state index in [0.29, 0.717) is 28.1 Å². The van der Waals surface area contributed by atoms with Crippen LogP contribution in [0.4, 0.5) is 5.69 Å². The molecule has 7 aromatic carbocycles. The van der Waals surface area contributed by atoms with Crippen molar-refractivity contribution in [3.05, 3.63) is 180 Å². The number of rotatable bonds is 5. The second-order valence-electron chi connectivity index (χ2n) is 12.3. The highest BCUT2D eigenvalue weighted by atomic mass is 16.2. The minimum absolute atomic E-state index is 0.358. The molecule has 0 unspecified atom stereocenters. The largest absolute Gasteiger partial charge is 0.308 e. The maximum absolute atomic E-state index is 14.9. The van der Waals surface area contributed by atoms with Gasteiger partial charge < -0.3 is 4.57 Å². The number of para-hydroxylation sites is 2. The molecule has 2 amide bonds. The molecule has 0 saturated heterocycles. The summed E-state index contributed by atoms with van der Waals surface area (Å²) in [6, 6.07) is 55.3. The van der Waals surface area contributed by atoms with E-state index >= 15 is 0 Å². The molecule has 0 fully saturated rings. The Kier molecular flexibility index (Phi) is 6.75. The number of hydrogen-bond donors (Lipinski definition) is 0. The van der Waals surface area contributed by atoms with Crippen molar-refractivity contribution < 1.29 is 9.59 Å². The topological polar surface area (TPSA) is 66.1 Å². The van der Waals surface area contributed by atoms with Crippen LogP contribution in [0, 0.1) is 11.3 Å². The molecule has 8 aromatic rings. The number of nitriles is 1. The quantitative estimate of drug-likeness (QED) is 0.176. The van der Waals surface area contributed by atoms with Gasteiger partial charge >= 0.3 is 0 Å². The molecule has 0 atom stereocenters. The van der Waals surface area contributed by atoms with Gasteiger partial charge in [-0.15, -0.1) is 0 Å². The Morgan fingerprint density at radius 2 is 1.04 bits per heavy atom. The molecular formula is C45H27N3O2. The lowest BCUT2D eigenvalue weighted by molar-refractivity contribution is 0.0926. The summed E-state index contributed by atoms with van der Waals surface area (Å²) in [5, 5.41) is 11.8. The van der Waals surface area contributed by atoms with E-state index in [2.05, 4.69) is 22.8 Å². The fourth-order valence-electron chi connectivity index (χ4n) is 7.38. The highest BCUT2D eigenvalue weighted by Crippen LogP contribution is 2.45. The Bertz CT molecular complexity index is 2640. The van der Waals surface area contributed by atoms with Gasteiger partial charge in [-0.2, -0.15) is 5.26 Å². The van der Waals surface area contributed by atoms with Crippen LogP contribution in [0.15, 0.2) is 164 Å². The number of imide groups is 1. The summed E-state index contributed by atoms with van der Waals surface area (Å²) in [4.78, 5) is 30.9. The number of amides is 2. The van der Waals surface area contributed by atoms with Crippen LogP contribution in [0.2, 0.25) is 0 Å². The van der Waals surface area contributed by atoms with Gasteiger partial charge in [-0.3, -0.25) is 9.59 Å². The average Bonchev–Trinajstić information content (AvgIpc) is 3.65. The van der Waals surface area contributed by atoms with E-state index in [1.165, 1.54) is 4.90 Å². The molecule has 0 bridgehead atoms. The van der Waals surface area contributed by atoms with Gasteiger partial charge in [-0.05, 0) is 58.7 Å². The molecule has 1 aliphatic heterocycles. The second-order valence-corrected chi connectivity index (χ2v) is 12.3. The molecular weight excluding hydrogens is 615 g/mol. The third-order valence-electron chi connectivity index (χ3n) is 9.59. The van der Waals surface area contributed by atoms with Gasteiger partial charge in [-0.1, -0.05) is 127 Å². The smallest absolute Gasteiger partial charge is 0.268 e. The SMILES string of the molecule is N#Cc1ccccc1-c1ccc2c(c1)c1ccccc1n2-c1cccc2c1C(=O)N(c1c(-c3ccccc3)cccc1-c1ccccc1)C2=O. The number of nitrogens with zero attached hydrogens (tertiary/aromatic N) is 3. The molecule has 0 radical (unpaired) electrons. The monoisotopic (exact) mass is 641 g/mol. The first kappa shape index (κ1) is 29.1. The lowest BCUT2D eigenvalue weighted by atomic mass is 9.95. The second kappa shape index (κ2) is 11.6. The third-order valence-corrected chi connectivity index (χ3v) is 9.59.